The van der Waals surface area contributed by atoms with Crippen LogP contribution in [0, 0.1) is 0 Å². The molecular formula is C26H28N2O3. The van der Waals surface area contributed by atoms with Gasteiger partial charge in [-0.05, 0) is 60.5 Å². The van der Waals surface area contributed by atoms with Crippen molar-refractivity contribution < 1.29 is 14.3 Å². The topological polar surface area (TPSA) is 67.4 Å². The van der Waals surface area contributed by atoms with Gasteiger partial charge in [0.1, 0.15) is 5.75 Å². The second-order valence-electron chi connectivity index (χ2n) is 7.25. The molecule has 3 rings (SSSR count). The van der Waals surface area contributed by atoms with E-state index in [1.807, 2.05) is 18.2 Å². The summed E-state index contributed by atoms with van der Waals surface area (Å²) < 4.78 is 5.76. The zero-order valence-corrected chi connectivity index (χ0v) is 17.8. The molecule has 2 N–H and O–H groups in total. The van der Waals surface area contributed by atoms with E-state index >= 15 is 0 Å². The molecule has 5 heteroatoms. The zero-order valence-electron chi connectivity index (χ0n) is 17.8. The Labute approximate surface area is 183 Å². The minimum atomic E-state index is -0.212. The Bertz CT molecular complexity index is 968. The van der Waals surface area contributed by atoms with Crippen molar-refractivity contribution in [2.45, 2.75) is 26.2 Å². The Balaban J connectivity index is 1.48. The number of unbranched alkanes of at least 4 members (excludes halogenated alkanes) is 1. The van der Waals surface area contributed by atoms with Gasteiger partial charge in [0.05, 0.1) is 6.61 Å². The maximum absolute atomic E-state index is 12.5. The Morgan fingerprint density at radius 3 is 2.13 bits per heavy atom. The molecule has 31 heavy (non-hydrogen) atoms. The number of carbonyl (C=O) groups is 2. The lowest BCUT2D eigenvalue weighted by Crippen LogP contribution is -2.24. The summed E-state index contributed by atoms with van der Waals surface area (Å²) in [6.45, 7) is 3.32. The van der Waals surface area contributed by atoms with Gasteiger partial charge in [0.15, 0.2) is 0 Å². The van der Waals surface area contributed by atoms with Gasteiger partial charge in [-0.1, -0.05) is 43.7 Å². The molecular weight excluding hydrogens is 388 g/mol. The highest BCUT2D eigenvalue weighted by Gasteiger charge is 2.08. The van der Waals surface area contributed by atoms with E-state index in [0.29, 0.717) is 30.0 Å². The lowest BCUT2D eigenvalue weighted by molar-refractivity contribution is 0.0952. The summed E-state index contributed by atoms with van der Waals surface area (Å²) in [5, 5.41) is 5.73. The van der Waals surface area contributed by atoms with Crippen molar-refractivity contribution >= 4 is 17.5 Å². The van der Waals surface area contributed by atoms with Crippen molar-refractivity contribution in [3.63, 3.8) is 0 Å². The molecule has 5 nitrogen and oxygen atoms in total. The molecule has 0 aromatic heterocycles. The van der Waals surface area contributed by atoms with Crippen LogP contribution in [-0.4, -0.2) is 25.0 Å². The van der Waals surface area contributed by atoms with Crippen LogP contribution in [0.5, 0.6) is 5.75 Å². The average Bonchev–Trinajstić information content (AvgIpc) is 2.81. The van der Waals surface area contributed by atoms with E-state index in [9.17, 15) is 9.59 Å². The molecule has 0 radical (unpaired) electrons. The molecule has 160 valence electrons. The quantitative estimate of drug-likeness (QED) is 0.452. The van der Waals surface area contributed by atoms with Gasteiger partial charge in [0, 0.05) is 29.8 Å². The van der Waals surface area contributed by atoms with Gasteiger partial charge >= 0.3 is 0 Å². The first-order valence-electron chi connectivity index (χ1n) is 10.6. The Hall–Kier alpha value is -3.60. The molecule has 0 aliphatic heterocycles. The van der Waals surface area contributed by atoms with Gasteiger partial charge in [-0.25, -0.2) is 0 Å². The first kappa shape index (κ1) is 22.1. The van der Waals surface area contributed by atoms with Crippen LogP contribution < -0.4 is 15.4 Å². The summed E-state index contributed by atoms with van der Waals surface area (Å²) in [5.41, 5.74) is 2.98. The molecule has 0 bridgehead atoms. The molecule has 0 atom stereocenters. The number of hydrogen-bond acceptors (Lipinski definition) is 3. The smallest absolute Gasteiger partial charge is 0.255 e. The van der Waals surface area contributed by atoms with E-state index in [0.717, 1.165) is 25.0 Å². The van der Waals surface area contributed by atoms with Crippen molar-refractivity contribution in [2.24, 2.45) is 0 Å². The monoisotopic (exact) mass is 416 g/mol. The molecule has 3 aromatic rings. The summed E-state index contributed by atoms with van der Waals surface area (Å²) in [6, 6.07) is 24.1. The van der Waals surface area contributed by atoms with Crippen molar-refractivity contribution in [1.82, 2.24) is 5.32 Å². The van der Waals surface area contributed by atoms with Crippen LogP contribution in [0.2, 0.25) is 0 Å². The maximum atomic E-state index is 12.5. The Kier molecular flexibility index (Phi) is 8.23. The number of amides is 2. The largest absolute Gasteiger partial charge is 0.493 e. The van der Waals surface area contributed by atoms with E-state index in [4.69, 9.17) is 4.74 Å². The van der Waals surface area contributed by atoms with Gasteiger partial charge in [0.25, 0.3) is 11.8 Å². The second-order valence-corrected chi connectivity index (χ2v) is 7.25. The third-order valence-corrected chi connectivity index (χ3v) is 4.84. The molecule has 0 aliphatic carbocycles. The SMILES string of the molecule is CCCCNC(=O)c1ccc(NC(=O)c2ccc(OCCc3ccccc3)cc2)cc1. The molecule has 2 amide bonds. The minimum Gasteiger partial charge on any atom is -0.493 e. The summed E-state index contributed by atoms with van der Waals surface area (Å²) in [6.07, 6.45) is 2.82. The molecule has 0 unspecified atom stereocenters. The van der Waals surface area contributed by atoms with Gasteiger partial charge in [-0.15, -0.1) is 0 Å². The third-order valence-electron chi connectivity index (χ3n) is 4.84. The molecule has 3 aromatic carbocycles. The van der Waals surface area contributed by atoms with Crippen molar-refractivity contribution in [1.29, 1.82) is 0 Å². The van der Waals surface area contributed by atoms with Crippen LogP contribution in [0.1, 0.15) is 46.0 Å². The van der Waals surface area contributed by atoms with E-state index in [2.05, 4.69) is 29.7 Å². The molecule has 0 aliphatic rings. The van der Waals surface area contributed by atoms with Crippen molar-refractivity contribution in [3.05, 3.63) is 95.6 Å². The number of benzene rings is 3. The van der Waals surface area contributed by atoms with Crippen LogP contribution in [0.15, 0.2) is 78.9 Å². The summed E-state index contributed by atoms with van der Waals surface area (Å²) in [7, 11) is 0. The van der Waals surface area contributed by atoms with E-state index in [-0.39, 0.29) is 11.8 Å². The van der Waals surface area contributed by atoms with Gasteiger partial charge in [-0.2, -0.15) is 0 Å². The molecule has 0 heterocycles. The number of ether oxygens (including phenoxy) is 1. The minimum absolute atomic E-state index is 0.103. The fourth-order valence-electron chi connectivity index (χ4n) is 3.02. The Morgan fingerprint density at radius 1 is 0.806 bits per heavy atom. The fraction of sp³-hybridized carbons (Fsp3) is 0.231. The predicted molar refractivity (Wildman–Crippen MR) is 124 cm³/mol. The summed E-state index contributed by atoms with van der Waals surface area (Å²) in [5.74, 6) is 0.413. The van der Waals surface area contributed by atoms with Crippen LogP contribution in [-0.2, 0) is 6.42 Å². The number of rotatable bonds is 10. The van der Waals surface area contributed by atoms with Crippen molar-refractivity contribution in [3.8, 4) is 5.75 Å². The van der Waals surface area contributed by atoms with Crippen molar-refractivity contribution in [2.75, 3.05) is 18.5 Å². The summed E-state index contributed by atoms with van der Waals surface area (Å²) >= 11 is 0. The van der Waals surface area contributed by atoms with Gasteiger partial charge in [0.2, 0.25) is 0 Å². The third kappa shape index (κ3) is 7.00. The second kappa shape index (κ2) is 11.6. The molecule has 0 spiro atoms. The lowest BCUT2D eigenvalue weighted by Gasteiger charge is -2.09. The molecule has 0 saturated heterocycles. The zero-order chi connectivity index (χ0) is 21.9. The van der Waals surface area contributed by atoms with Crippen LogP contribution in [0.4, 0.5) is 5.69 Å². The first-order chi connectivity index (χ1) is 15.2. The van der Waals surface area contributed by atoms with Gasteiger partial charge < -0.3 is 15.4 Å². The number of anilines is 1. The highest BCUT2D eigenvalue weighted by molar-refractivity contribution is 6.04. The standard InChI is InChI=1S/C26H28N2O3/c1-2-3-18-27-25(29)21-9-13-23(14-10-21)28-26(30)22-11-15-24(16-12-22)31-19-17-20-7-5-4-6-8-20/h4-16H,2-3,17-19H2,1H3,(H,27,29)(H,28,30). The lowest BCUT2D eigenvalue weighted by atomic mass is 10.1. The maximum Gasteiger partial charge on any atom is 0.255 e. The van der Waals surface area contributed by atoms with Crippen LogP contribution in [0.3, 0.4) is 0 Å². The van der Waals surface area contributed by atoms with Crippen LogP contribution in [0.25, 0.3) is 0 Å². The number of nitrogens with one attached hydrogen (secondary N) is 2. The van der Waals surface area contributed by atoms with E-state index < -0.39 is 0 Å². The fourth-order valence-corrected chi connectivity index (χ4v) is 3.02. The number of hydrogen-bond donors (Lipinski definition) is 2. The highest BCUT2D eigenvalue weighted by atomic mass is 16.5. The first-order valence-corrected chi connectivity index (χ1v) is 10.6. The molecule has 0 fully saturated rings. The highest BCUT2D eigenvalue weighted by Crippen LogP contribution is 2.15. The average molecular weight is 417 g/mol. The predicted octanol–water partition coefficient (Wildman–Crippen LogP) is 5.09. The molecule has 0 saturated carbocycles. The summed E-state index contributed by atoms with van der Waals surface area (Å²) in [4.78, 5) is 24.5. The van der Waals surface area contributed by atoms with Gasteiger partial charge in [-0.3, -0.25) is 9.59 Å². The normalized spacial score (nSPS) is 10.4. The van der Waals surface area contributed by atoms with Crippen LogP contribution >= 0.6 is 0 Å². The van der Waals surface area contributed by atoms with E-state index in [1.165, 1.54) is 5.56 Å². The van der Waals surface area contributed by atoms with E-state index in [1.54, 1.807) is 48.5 Å². The Morgan fingerprint density at radius 2 is 1.45 bits per heavy atom. The number of carbonyl (C=O) groups excluding carboxylic acids is 2.